The lowest BCUT2D eigenvalue weighted by Crippen LogP contribution is -2.51. The van der Waals surface area contributed by atoms with Crippen LogP contribution in [0.2, 0.25) is 0 Å². The van der Waals surface area contributed by atoms with Gasteiger partial charge in [-0.3, -0.25) is 4.79 Å². The SMILES string of the molecule is CCCCNC(=O)NC(Cc1ccccc1)C(=O)N1CCCC1. The molecule has 23 heavy (non-hydrogen) atoms. The average molecular weight is 317 g/mol. The summed E-state index contributed by atoms with van der Waals surface area (Å²) in [4.78, 5) is 26.6. The molecule has 0 aliphatic carbocycles. The number of urea groups is 1. The van der Waals surface area contributed by atoms with Gasteiger partial charge in [0.05, 0.1) is 0 Å². The van der Waals surface area contributed by atoms with Crippen LogP contribution in [0.1, 0.15) is 38.2 Å². The van der Waals surface area contributed by atoms with Crippen LogP contribution in [0.15, 0.2) is 30.3 Å². The number of benzene rings is 1. The second-order valence-electron chi connectivity index (χ2n) is 6.03. The number of hydrogen-bond acceptors (Lipinski definition) is 2. The standard InChI is InChI=1S/C18H27N3O2/c1-2-3-11-19-18(23)20-16(14-15-9-5-4-6-10-15)17(22)21-12-7-8-13-21/h4-6,9-10,16H,2-3,7-8,11-14H2,1H3,(H2,19,20,23). The van der Waals surface area contributed by atoms with E-state index >= 15 is 0 Å². The molecule has 1 atom stereocenters. The number of likely N-dealkylation sites (tertiary alicyclic amines) is 1. The molecule has 5 heteroatoms. The molecular formula is C18H27N3O2. The first-order valence-electron chi connectivity index (χ1n) is 8.57. The van der Waals surface area contributed by atoms with Crippen molar-refractivity contribution >= 4 is 11.9 Å². The minimum absolute atomic E-state index is 0.0250. The molecule has 1 aromatic rings. The van der Waals surface area contributed by atoms with E-state index in [1.165, 1.54) is 0 Å². The monoisotopic (exact) mass is 317 g/mol. The third-order valence-corrected chi connectivity index (χ3v) is 4.12. The summed E-state index contributed by atoms with van der Waals surface area (Å²) in [6.07, 6.45) is 4.59. The Labute approximate surface area is 138 Å². The molecule has 1 unspecified atom stereocenters. The number of hydrogen-bond donors (Lipinski definition) is 2. The van der Waals surface area contributed by atoms with Crippen LogP contribution in [0.25, 0.3) is 0 Å². The smallest absolute Gasteiger partial charge is 0.315 e. The third kappa shape index (κ3) is 5.58. The minimum Gasteiger partial charge on any atom is -0.341 e. The second kappa shape index (κ2) is 9.18. The van der Waals surface area contributed by atoms with Gasteiger partial charge in [-0.2, -0.15) is 0 Å². The van der Waals surface area contributed by atoms with E-state index in [-0.39, 0.29) is 11.9 Å². The molecule has 3 amide bonds. The normalized spacial score (nSPS) is 15.3. The highest BCUT2D eigenvalue weighted by molar-refractivity contribution is 5.87. The van der Waals surface area contributed by atoms with E-state index in [0.717, 1.165) is 44.3 Å². The molecule has 0 aromatic heterocycles. The van der Waals surface area contributed by atoms with Crippen molar-refractivity contribution in [1.29, 1.82) is 0 Å². The summed E-state index contributed by atoms with van der Waals surface area (Å²) in [6.45, 7) is 4.31. The highest BCUT2D eigenvalue weighted by Crippen LogP contribution is 2.12. The fourth-order valence-corrected chi connectivity index (χ4v) is 2.80. The van der Waals surface area contributed by atoms with Gasteiger partial charge in [-0.05, 0) is 24.8 Å². The number of carbonyl (C=O) groups is 2. The molecule has 0 spiro atoms. The maximum Gasteiger partial charge on any atom is 0.315 e. The van der Waals surface area contributed by atoms with Gasteiger partial charge in [0.2, 0.25) is 5.91 Å². The van der Waals surface area contributed by atoms with E-state index in [0.29, 0.717) is 13.0 Å². The van der Waals surface area contributed by atoms with Crippen molar-refractivity contribution in [3.05, 3.63) is 35.9 Å². The third-order valence-electron chi connectivity index (χ3n) is 4.12. The maximum atomic E-state index is 12.7. The van der Waals surface area contributed by atoms with Crippen molar-refractivity contribution in [3.63, 3.8) is 0 Å². The van der Waals surface area contributed by atoms with Gasteiger partial charge in [0, 0.05) is 26.1 Å². The number of nitrogens with zero attached hydrogens (tertiary/aromatic N) is 1. The Kier molecular flexibility index (Phi) is 6.91. The summed E-state index contributed by atoms with van der Waals surface area (Å²) >= 11 is 0. The van der Waals surface area contributed by atoms with E-state index in [2.05, 4.69) is 17.6 Å². The summed E-state index contributed by atoms with van der Waals surface area (Å²) < 4.78 is 0. The molecule has 2 N–H and O–H groups in total. The molecule has 2 rings (SSSR count). The molecule has 0 saturated carbocycles. The van der Waals surface area contributed by atoms with Gasteiger partial charge in [0.15, 0.2) is 0 Å². The molecule has 5 nitrogen and oxygen atoms in total. The van der Waals surface area contributed by atoms with Crippen molar-refractivity contribution < 1.29 is 9.59 Å². The molecule has 126 valence electrons. The predicted molar refractivity (Wildman–Crippen MR) is 91.2 cm³/mol. The van der Waals surface area contributed by atoms with Gasteiger partial charge in [-0.25, -0.2) is 4.79 Å². The molecule has 1 aromatic carbocycles. The fourth-order valence-electron chi connectivity index (χ4n) is 2.80. The van der Waals surface area contributed by atoms with Crippen LogP contribution in [0.5, 0.6) is 0 Å². The molecule has 1 heterocycles. The van der Waals surface area contributed by atoms with Crippen LogP contribution in [0.3, 0.4) is 0 Å². The zero-order valence-electron chi connectivity index (χ0n) is 13.9. The topological polar surface area (TPSA) is 61.4 Å². The Morgan fingerprint density at radius 3 is 2.52 bits per heavy atom. The highest BCUT2D eigenvalue weighted by Gasteiger charge is 2.27. The van der Waals surface area contributed by atoms with E-state index in [1.54, 1.807) is 0 Å². The van der Waals surface area contributed by atoms with E-state index in [4.69, 9.17) is 0 Å². The first-order chi connectivity index (χ1) is 11.2. The molecule has 1 fully saturated rings. The number of nitrogens with one attached hydrogen (secondary N) is 2. The average Bonchev–Trinajstić information content (AvgIpc) is 3.09. The zero-order chi connectivity index (χ0) is 16.5. The molecular weight excluding hydrogens is 290 g/mol. The van der Waals surface area contributed by atoms with Crippen LogP contribution in [-0.4, -0.2) is 42.5 Å². The van der Waals surface area contributed by atoms with Crippen molar-refractivity contribution in [1.82, 2.24) is 15.5 Å². The van der Waals surface area contributed by atoms with Crippen LogP contribution in [0, 0.1) is 0 Å². The van der Waals surface area contributed by atoms with Gasteiger partial charge >= 0.3 is 6.03 Å². The predicted octanol–water partition coefficient (Wildman–Crippen LogP) is 2.32. The Morgan fingerprint density at radius 1 is 1.17 bits per heavy atom. The van der Waals surface area contributed by atoms with Gasteiger partial charge in [0.1, 0.15) is 6.04 Å². The summed E-state index contributed by atoms with van der Waals surface area (Å²) in [5, 5.41) is 5.68. The Balaban J connectivity index is 1.98. The highest BCUT2D eigenvalue weighted by atomic mass is 16.2. The molecule has 1 saturated heterocycles. The quantitative estimate of drug-likeness (QED) is 0.758. The maximum absolute atomic E-state index is 12.7. The fraction of sp³-hybridized carbons (Fsp3) is 0.556. The first kappa shape index (κ1) is 17.3. The van der Waals surface area contributed by atoms with Gasteiger partial charge in [0.25, 0.3) is 0 Å². The Morgan fingerprint density at radius 2 is 1.87 bits per heavy atom. The molecule has 0 radical (unpaired) electrons. The summed E-state index contributed by atoms with van der Waals surface area (Å²) in [6, 6.07) is 9.07. The largest absolute Gasteiger partial charge is 0.341 e. The summed E-state index contributed by atoms with van der Waals surface area (Å²) in [5.74, 6) is 0.0250. The molecule has 1 aliphatic heterocycles. The number of carbonyl (C=O) groups excluding carboxylic acids is 2. The first-order valence-corrected chi connectivity index (χ1v) is 8.57. The Bertz CT molecular complexity index is 498. The lowest BCUT2D eigenvalue weighted by Gasteiger charge is -2.24. The zero-order valence-corrected chi connectivity index (χ0v) is 13.9. The summed E-state index contributed by atoms with van der Waals surface area (Å²) in [7, 11) is 0. The van der Waals surface area contributed by atoms with Crippen molar-refractivity contribution in [2.24, 2.45) is 0 Å². The van der Waals surface area contributed by atoms with Crippen molar-refractivity contribution in [2.45, 2.75) is 45.1 Å². The number of unbranched alkanes of at least 4 members (excludes halogenated alkanes) is 1. The number of rotatable bonds is 7. The van der Waals surface area contributed by atoms with Crippen molar-refractivity contribution in [3.8, 4) is 0 Å². The van der Waals surface area contributed by atoms with Crippen molar-refractivity contribution in [2.75, 3.05) is 19.6 Å². The van der Waals surface area contributed by atoms with Crippen LogP contribution in [0.4, 0.5) is 4.79 Å². The molecule has 1 aliphatic rings. The van der Waals surface area contributed by atoms with Gasteiger partial charge in [-0.15, -0.1) is 0 Å². The molecule has 0 bridgehead atoms. The Hall–Kier alpha value is -2.04. The van der Waals surface area contributed by atoms with Gasteiger partial charge in [-0.1, -0.05) is 43.7 Å². The van der Waals surface area contributed by atoms with E-state index < -0.39 is 6.04 Å². The lowest BCUT2D eigenvalue weighted by atomic mass is 10.0. The second-order valence-corrected chi connectivity index (χ2v) is 6.03. The summed E-state index contributed by atoms with van der Waals surface area (Å²) in [5.41, 5.74) is 1.05. The van der Waals surface area contributed by atoms with Crippen LogP contribution < -0.4 is 10.6 Å². The minimum atomic E-state index is -0.503. The van der Waals surface area contributed by atoms with Crippen LogP contribution in [-0.2, 0) is 11.2 Å². The van der Waals surface area contributed by atoms with E-state index in [9.17, 15) is 9.59 Å². The van der Waals surface area contributed by atoms with Crippen LogP contribution >= 0.6 is 0 Å². The van der Waals surface area contributed by atoms with Gasteiger partial charge < -0.3 is 15.5 Å². The van der Waals surface area contributed by atoms with E-state index in [1.807, 2.05) is 35.2 Å². The lowest BCUT2D eigenvalue weighted by molar-refractivity contribution is -0.132. The number of amides is 3.